The van der Waals surface area contributed by atoms with Gasteiger partial charge in [-0.05, 0) is 12.8 Å². The van der Waals surface area contributed by atoms with Crippen LogP contribution in [-0.2, 0) is 10.0 Å². The lowest BCUT2D eigenvalue weighted by atomic mass is 10.1. The quantitative estimate of drug-likeness (QED) is 0.625. The van der Waals surface area contributed by atoms with Gasteiger partial charge < -0.3 is 0 Å². The first-order chi connectivity index (χ1) is 5.61. The van der Waals surface area contributed by atoms with E-state index in [9.17, 15) is 8.42 Å². The fraction of sp³-hybridized carbons (Fsp3) is 1.00. The zero-order chi connectivity index (χ0) is 9.03. The van der Waals surface area contributed by atoms with Crippen molar-refractivity contribution in [3.05, 3.63) is 0 Å². The Morgan fingerprint density at radius 2 is 1.33 bits per heavy atom. The zero-order valence-electron chi connectivity index (χ0n) is 7.62. The summed E-state index contributed by atoms with van der Waals surface area (Å²) in [5.41, 5.74) is 0. The molecule has 4 heteroatoms. The van der Waals surface area contributed by atoms with Gasteiger partial charge in [0.05, 0.1) is 6.26 Å². The van der Waals surface area contributed by atoms with E-state index >= 15 is 0 Å². The average molecular weight is 191 g/mol. The molecule has 0 N–H and O–H groups in total. The molecule has 0 radical (unpaired) electrons. The molecule has 0 spiro atoms. The van der Waals surface area contributed by atoms with Crippen LogP contribution in [0.4, 0.5) is 0 Å². The third-order valence-electron chi connectivity index (χ3n) is 2.28. The van der Waals surface area contributed by atoms with Crippen molar-refractivity contribution in [2.24, 2.45) is 0 Å². The molecule has 0 aromatic rings. The molecule has 72 valence electrons. The van der Waals surface area contributed by atoms with Crippen molar-refractivity contribution in [2.75, 3.05) is 19.3 Å². The Hall–Kier alpha value is -0.0900. The molecule has 0 aromatic carbocycles. The van der Waals surface area contributed by atoms with Crippen LogP contribution in [-0.4, -0.2) is 32.1 Å². The molecule has 1 heterocycles. The first-order valence-corrected chi connectivity index (χ1v) is 6.40. The van der Waals surface area contributed by atoms with Crippen molar-refractivity contribution in [3.8, 4) is 0 Å². The van der Waals surface area contributed by atoms with Crippen LogP contribution >= 0.6 is 0 Å². The summed E-state index contributed by atoms with van der Waals surface area (Å²) in [6.07, 6.45) is 6.95. The number of hydrogen-bond donors (Lipinski definition) is 0. The molecular formula is C8H17NO2S. The fourth-order valence-electron chi connectivity index (χ4n) is 1.55. The fourth-order valence-corrected chi connectivity index (χ4v) is 2.47. The van der Waals surface area contributed by atoms with Gasteiger partial charge in [0, 0.05) is 13.1 Å². The number of rotatable bonds is 1. The molecule has 0 aromatic heterocycles. The lowest BCUT2D eigenvalue weighted by Crippen LogP contribution is -2.32. The molecule has 12 heavy (non-hydrogen) atoms. The molecule has 1 aliphatic rings. The highest BCUT2D eigenvalue weighted by Gasteiger charge is 2.16. The van der Waals surface area contributed by atoms with Gasteiger partial charge >= 0.3 is 0 Å². The van der Waals surface area contributed by atoms with Gasteiger partial charge in [0.15, 0.2) is 0 Å². The van der Waals surface area contributed by atoms with Crippen molar-refractivity contribution in [1.29, 1.82) is 0 Å². The minimum absolute atomic E-state index is 0.721. The molecule has 0 bridgehead atoms. The van der Waals surface area contributed by atoms with Crippen molar-refractivity contribution >= 4 is 10.0 Å². The van der Waals surface area contributed by atoms with Crippen LogP contribution < -0.4 is 0 Å². The van der Waals surface area contributed by atoms with Gasteiger partial charge in [-0.3, -0.25) is 0 Å². The van der Waals surface area contributed by atoms with Gasteiger partial charge in [-0.1, -0.05) is 19.3 Å². The second-order valence-electron chi connectivity index (χ2n) is 3.43. The van der Waals surface area contributed by atoms with E-state index in [1.165, 1.54) is 25.5 Å². The van der Waals surface area contributed by atoms with Gasteiger partial charge in [0.25, 0.3) is 0 Å². The molecule has 0 unspecified atom stereocenters. The smallest absolute Gasteiger partial charge is 0.211 e. The van der Waals surface area contributed by atoms with Crippen LogP contribution in [0.1, 0.15) is 32.1 Å². The van der Waals surface area contributed by atoms with E-state index in [0.717, 1.165) is 25.9 Å². The molecule has 0 amide bonds. The van der Waals surface area contributed by atoms with Crippen molar-refractivity contribution in [3.63, 3.8) is 0 Å². The third kappa shape index (κ3) is 3.11. The second-order valence-corrected chi connectivity index (χ2v) is 5.41. The van der Waals surface area contributed by atoms with Gasteiger partial charge in [-0.2, -0.15) is 0 Å². The Balaban J connectivity index is 2.51. The normalized spacial score (nSPS) is 23.1. The lowest BCUT2D eigenvalue weighted by molar-refractivity contribution is 0.366. The highest BCUT2D eigenvalue weighted by atomic mass is 32.2. The van der Waals surface area contributed by atoms with E-state index in [0.29, 0.717) is 0 Å². The minimum atomic E-state index is -2.93. The first kappa shape index (κ1) is 9.99. The molecule has 0 aliphatic carbocycles. The predicted molar refractivity (Wildman–Crippen MR) is 49.5 cm³/mol. The van der Waals surface area contributed by atoms with Gasteiger partial charge in [-0.15, -0.1) is 0 Å². The maximum Gasteiger partial charge on any atom is 0.211 e. The van der Waals surface area contributed by atoms with Gasteiger partial charge in [-0.25, -0.2) is 12.7 Å². The van der Waals surface area contributed by atoms with Crippen LogP contribution in [0.15, 0.2) is 0 Å². The Morgan fingerprint density at radius 3 is 1.75 bits per heavy atom. The molecule has 0 atom stereocenters. The maximum absolute atomic E-state index is 11.2. The third-order valence-corrected chi connectivity index (χ3v) is 3.59. The van der Waals surface area contributed by atoms with Crippen LogP contribution in [0.2, 0.25) is 0 Å². The molecule has 1 rings (SSSR count). The van der Waals surface area contributed by atoms with E-state index < -0.39 is 10.0 Å². The van der Waals surface area contributed by atoms with Crippen molar-refractivity contribution < 1.29 is 8.42 Å². The monoisotopic (exact) mass is 191 g/mol. The molecular weight excluding hydrogens is 174 g/mol. The average Bonchev–Trinajstić information content (AvgIpc) is 1.81. The van der Waals surface area contributed by atoms with E-state index in [1.54, 1.807) is 4.31 Å². The summed E-state index contributed by atoms with van der Waals surface area (Å²) in [7, 11) is -2.93. The molecule has 0 saturated carbocycles. The maximum atomic E-state index is 11.2. The lowest BCUT2D eigenvalue weighted by Gasteiger charge is -2.21. The summed E-state index contributed by atoms with van der Waals surface area (Å²) >= 11 is 0. The SMILES string of the molecule is CS(=O)(=O)N1CCCCCCC1. The summed E-state index contributed by atoms with van der Waals surface area (Å²) < 4.78 is 24.0. The summed E-state index contributed by atoms with van der Waals surface area (Å²) in [4.78, 5) is 0. The first-order valence-electron chi connectivity index (χ1n) is 4.56. The van der Waals surface area contributed by atoms with Crippen molar-refractivity contribution in [1.82, 2.24) is 4.31 Å². The summed E-state index contributed by atoms with van der Waals surface area (Å²) in [5.74, 6) is 0. The zero-order valence-corrected chi connectivity index (χ0v) is 8.44. The molecule has 3 nitrogen and oxygen atoms in total. The standard InChI is InChI=1S/C8H17NO2S/c1-12(10,11)9-7-5-3-2-4-6-8-9/h2-8H2,1H3. The molecule has 1 aliphatic heterocycles. The Bertz CT molecular complexity index is 215. The van der Waals surface area contributed by atoms with Crippen LogP contribution in [0.25, 0.3) is 0 Å². The Morgan fingerprint density at radius 1 is 0.917 bits per heavy atom. The Labute approximate surface area is 74.8 Å². The largest absolute Gasteiger partial charge is 0.213 e. The minimum Gasteiger partial charge on any atom is -0.213 e. The van der Waals surface area contributed by atoms with E-state index in [2.05, 4.69) is 0 Å². The predicted octanol–water partition coefficient (Wildman–Crippen LogP) is 1.21. The summed E-state index contributed by atoms with van der Waals surface area (Å²) in [6, 6.07) is 0. The summed E-state index contributed by atoms with van der Waals surface area (Å²) in [6.45, 7) is 1.44. The topological polar surface area (TPSA) is 37.4 Å². The molecule has 1 saturated heterocycles. The Kier molecular flexibility index (Phi) is 3.53. The number of nitrogens with zero attached hydrogens (tertiary/aromatic N) is 1. The molecule has 1 fully saturated rings. The van der Waals surface area contributed by atoms with Crippen LogP contribution in [0.5, 0.6) is 0 Å². The highest BCUT2D eigenvalue weighted by Crippen LogP contribution is 2.12. The van der Waals surface area contributed by atoms with E-state index in [4.69, 9.17) is 0 Å². The van der Waals surface area contributed by atoms with Gasteiger partial charge in [0.2, 0.25) is 10.0 Å². The highest BCUT2D eigenvalue weighted by molar-refractivity contribution is 7.88. The van der Waals surface area contributed by atoms with Crippen LogP contribution in [0.3, 0.4) is 0 Å². The van der Waals surface area contributed by atoms with Crippen LogP contribution in [0, 0.1) is 0 Å². The van der Waals surface area contributed by atoms with E-state index in [-0.39, 0.29) is 0 Å². The van der Waals surface area contributed by atoms with Gasteiger partial charge in [0.1, 0.15) is 0 Å². The van der Waals surface area contributed by atoms with Crippen molar-refractivity contribution in [2.45, 2.75) is 32.1 Å². The number of sulfonamides is 1. The second kappa shape index (κ2) is 4.23. The number of hydrogen-bond acceptors (Lipinski definition) is 2. The van der Waals surface area contributed by atoms with E-state index in [1.807, 2.05) is 0 Å². The summed E-state index contributed by atoms with van der Waals surface area (Å²) in [5, 5.41) is 0.